The summed E-state index contributed by atoms with van der Waals surface area (Å²) < 4.78 is 1.66. The number of anilines is 2. The third-order valence-electron chi connectivity index (χ3n) is 4.50. The summed E-state index contributed by atoms with van der Waals surface area (Å²) >= 11 is 0. The zero-order valence-corrected chi connectivity index (χ0v) is 13.7. The van der Waals surface area contributed by atoms with Crippen LogP contribution in [0.3, 0.4) is 0 Å². The van der Waals surface area contributed by atoms with Gasteiger partial charge in [0.1, 0.15) is 11.5 Å². The summed E-state index contributed by atoms with van der Waals surface area (Å²) in [6, 6.07) is 8.98. The van der Waals surface area contributed by atoms with E-state index in [9.17, 15) is 9.59 Å². The molecule has 0 bridgehead atoms. The number of piperidine rings is 1. The van der Waals surface area contributed by atoms with Gasteiger partial charge in [-0.1, -0.05) is 6.07 Å². The van der Waals surface area contributed by atoms with E-state index in [2.05, 4.69) is 15.4 Å². The fourth-order valence-electron chi connectivity index (χ4n) is 3.20. The van der Waals surface area contributed by atoms with Crippen molar-refractivity contribution in [2.75, 3.05) is 18.4 Å². The second kappa shape index (κ2) is 6.43. The van der Waals surface area contributed by atoms with Gasteiger partial charge in [-0.15, -0.1) is 0 Å². The first-order valence-corrected chi connectivity index (χ1v) is 8.45. The van der Waals surface area contributed by atoms with Crippen LogP contribution in [0.25, 0.3) is 5.52 Å². The van der Waals surface area contributed by atoms with E-state index >= 15 is 0 Å². The molecule has 0 saturated carbocycles. The van der Waals surface area contributed by atoms with Crippen molar-refractivity contribution in [1.29, 1.82) is 0 Å². The molecule has 7 heteroatoms. The van der Waals surface area contributed by atoms with Crippen LogP contribution in [0.1, 0.15) is 29.6 Å². The van der Waals surface area contributed by atoms with Crippen molar-refractivity contribution in [3.05, 3.63) is 58.6 Å². The number of fused-ring (bicyclic) bond motifs is 1. The molecule has 2 N–H and O–H groups in total. The third-order valence-corrected chi connectivity index (χ3v) is 4.50. The number of likely N-dealkylation sites (tertiary alicyclic amines) is 1. The molecule has 0 spiro atoms. The Kier molecular flexibility index (Phi) is 3.97. The van der Waals surface area contributed by atoms with E-state index in [4.69, 9.17) is 0 Å². The van der Waals surface area contributed by atoms with E-state index in [0.29, 0.717) is 17.1 Å². The minimum Gasteiger partial charge on any atom is -0.339 e. The molecule has 3 aromatic heterocycles. The van der Waals surface area contributed by atoms with E-state index < -0.39 is 0 Å². The van der Waals surface area contributed by atoms with Crippen LogP contribution in [0.2, 0.25) is 0 Å². The van der Waals surface area contributed by atoms with Crippen LogP contribution in [0.15, 0.2) is 47.5 Å². The summed E-state index contributed by atoms with van der Waals surface area (Å²) in [6.07, 6.45) is 6.46. The number of H-pyrrole nitrogens is 1. The Morgan fingerprint density at radius 2 is 1.96 bits per heavy atom. The largest absolute Gasteiger partial charge is 0.339 e. The predicted octanol–water partition coefficient (Wildman–Crippen LogP) is 2.39. The van der Waals surface area contributed by atoms with Crippen molar-refractivity contribution < 1.29 is 4.79 Å². The van der Waals surface area contributed by atoms with Crippen molar-refractivity contribution in [2.24, 2.45) is 0 Å². The highest BCUT2D eigenvalue weighted by atomic mass is 16.2. The fraction of sp³-hybridized carbons (Fsp3) is 0.278. The molecule has 1 fully saturated rings. The molecule has 0 radical (unpaired) electrons. The van der Waals surface area contributed by atoms with Crippen LogP contribution >= 0.6 is 0 Å². The van der Waals surface area contributed by atoms with Crippen LogP contribution in [0.5, 0.6) is 0 Å². The Hall–Kier alpha value is -3.09. The van der Waals surface area contributed by atoms with Crippen molar-refractivity contribution in [1.82, 2.24) is 19.5 Å². The Bertz CT molecular complexity index is 969. The highest BCUT2D eigenvalue weighted by molar-refractivity contribution is 6.01. The molecular formula is C18H19N5O2. The molecule has 0 aromatic carbocycles. The second-order valence-corrected chi connectivity index (χ2v) is 6.16. The van der Waals surface area contributed by atoms with Crippen LogP contribution in [-0.4, -0.2) is 38.5 Å². The lowest BCUT2D eigenvalue weighted by atomic mass is 10.1. The molecule has 25 heavy (non-hydrogen) atoms. The van der Waals surface area contributed by atoms with Gasteiger partial charge in [0.2, 0.25) is 0 Å². The topological polar surface area (TPSA) is 82.5 Å². The number of pyridine rings is 2. The number of aromatic nitrogens is 3. The molecule has 0 atom stereocenters. The number of carbonyl (C=O) groups is 1. The van der Waals surface area contributed by atoms with Gasteiger partial charge in [0.15, 0.2) is 0 Å². The van der Waals surface area contributed by atoms with E-state index in [1.54, 1.807) is 29.0 Å². The SMILES string of the molecule is O=C(c1cnn2c(Nc3ccc[nH]c3=O)cccc12)N1CCCCC1. The number of nitrogens with one attached hydrogen (secondary N) is 2. The van der Waals surface area contributed by atoms with E-state index in [0.717, 1.165) is 31.4 Å². The fourth-order valence-corrected chi connectivity index (χ4v) is 3.20. The standard InChI is InChI=1S/C18H19N5O2/c24-17-14(6-5-9-19-17)21-16-8-4-7-15-13(12-20-23(15)16)18(25)22-10-2-1-3-11-22/h4-9,12,21H,1-3,10-11H2,(H,19,24). The Balaban J connectivity index is 1.69. The highest BCUT2D eigenvalue weighted by Gasteiger charge is 2.22. The number of hydrogen-bond acceptors (Lipinski definition) is 4. The number of aromatic amines is 1. The first kappa shape index (κ1) is 15.4. The third kappa shape index (κ3) is 2.88. The molecule has 1 aliphatic rings. The molecule has 128 valence electrons. The lowest BCUT2D eigenvalue weighted by Crippen LogP contribution is -2.35. The first-order chi connectivity index (χ1) is 12.2. The summed E-state index contributed by atoms with van der Waals surface area (Å²) in [5.41, 5.74) is 1.53. The molecule has 0 unspecified atom stereocenters. The monoisotopic (exact) mass is 337 g/mol. The van der Waals surface area contributed by atoms with Gasteiger partial charge in [-0.2, -0.15) is 5.10 Å². The van der Waals surface area contributed by atoms with Gasteiger partial charge in [0.05, 0.1) is 17.3 Å². The van der Waals surface area contributed by atoms with Crippen molar-refractivity contribution in [2.45, 2.75) is 19.3 Å². The van der Waals surface area contributed by atoms with Crippen LogP contribution < -0.4 is 10.9 Å². The van der Waals surface area contributed by atoms with E-state index in [1.165, 1.54) is 6.42 Å². The van der Waals surface area contributed by atoms with Gasteiger partial charge < -0.3 is 15.2 Å². The predicted molar refractivity (Wildman–Crippen MR) is 95.3 cm³/mol. The Morgan fingerprint density at radius 3 is 2.76 bits per heavy atom. The van der Waals surface area contributed by atoms with Crippen LogP contribution in [0.4, 0.5) is 11.5 Å². The highest BCUT2D eigenvalue weighted by Crippen LogP contribution is 2.21. The van der Waals surface area contributed by atoms with Crippen LogP contribution in [-0.2, 0) is 0 Å². The quantitative estimate of drug-likeness (QED) is 0.769. The zero-order chi connectivity index (χ0) is 17.2. The molecule has 3 aromatic rings. The molecular weight excluding hydrogens is 318 g/mol. The van der Waals surface area contributed by atoms with Gasteiger partial charge in [-0.25, -0.2) is 4.52 Å². The lowest BCUT2D eigenvalue weighted by molar-refractivity contribution is 0.0726. The molecule has 4 rings (SSSR count). The number of nitrogens with zero attached hydrogens (tertiary/aromatic N) is 3. The minimum atomic E-state index is -0.212. The summed E-state index contributed by atoms with van der Waals surface area (Å²) in [4.78, 5) is 29.2. The molecule has 7 nitrogen and oxygen atoms in total. The maximum atomic E-state index is 12.8. The van der Waals surface area contributed by atoms with Gasteiger partial charge >= 0.3 is 0 Å². The summed E-state index contributed by atoms with van der Waals surface area (Å²) in [5.74, 6) is 0.649. The molecule has 0 aliphatic carbocycles. The van der Waals surface area contributed by atoms with E-state index in [-0.39, 0.29) is 11.5 Å². The zero-order valence-electron chi connectivity index (χ0n) is 13.7. The van der Waals surface area contributed by atoms with Gasteiger partial charge in [0.25, 0.3) is 11.5 Å². The number of hydrogen-bond donors (Lipinski definition) is 2. The molecule has 1 saturated heterocycles. The smallest absolute Gasteiger partial charge is 0.271 e. The van der Waals surface area contributed by atoms with Crippen molar-refractivity contribution in [3.63, 3.8) is 0 Å². The summed E-state index contributed by atoms with van der Waals surface area (Å²) in [5, 5.41) is 7.43. The van der Waals surface area contributed by atoms with Gasteiger partial charge in [0, 0.05) is 19.3 Å². The maximum Gasteiger partial charge on any atom is 0.271 e. The normalized spacial score (nSPS) is 14.6. The average Bonchev–Trinajstić information content (AvgIpc) is 3.09. The number of rotatable bonds is 3. The number of amides is 1. The van der Waals surface area contributed by atoms with Crippen molar-refractivity contribution >= 4 is 22.9 Å². The average molecular weight is 337 g/mol. The second-order valence-electron chi connectivity index (χ2n) is 6.16. The summed E-state index contributed by atoms with van der Waals surface area (Å²) in [6.45, 7) is 1.60. The molecule has 1 amide bonds. The van der Waals surface area contributed by atoms with Crippen LogP contribution in [0, 0.1) is 0 Å². The minimum absolute atomic E-state index is 0.0180. The van der Waals surface area contributed by atoms with Gasteiger partial charge in [-0.3, -0.25) is 9.59 Å². The summed E-state index contributed by atoms with van der Waals surface area (Å²) in [7, 11) is 0. The molecule has 4 heterocycles. The Labute approximate surface area is 144 Å². The maximum absolute atomic E-state index is 12.8. The lowest BCUT2D eigenvalue weighted by Gasteiger charge is -2.26. The number of carbonyl (C=O) groups excluding carboxylic acids is 1. The first-order valence-electron chi connectivity index (χ1n) is 8.45. The van der Waals surface area contributed by atoms with Gasteiger partial charge in [-0.05, 0) is 43.5 Å². The Morgan fingerprint density at radius 1 is 1.12 bits per heavy atom. The van der Waals surface area contributed by atoms with Crippen molar-refractivity contribution in [3.8, 4) is 0 Å². The molecule has 1 aliphatic heterocycles. The van der Waals surface area contributed by atoms with E-state index in [1.807, 2.05) is 23.1 Å².